The first-order chi connectivity index (χ1) is 9.85. The Kier molecular flexibility index (Phi) is 5.55. The van der Waals surface area contributed by atoms with Crippen molar-refractivity contribution in [1.82, 2.24) is 0 Å². The Morgan fingerprint density at radius 3 is 1.95 bits per heavy atom. The van der Waals surface area contributed by atoms with Crippen molar-refractivity contribution in [2.24, 2.45) is 10.9 Å². The van der Waals surface area contributed by atoms with Crippen molar-refractivity contribution in [1.29, 1.82) is 0 Å². The molecule has 104 valence electrons. The van der Waals surface area contributed by atoms with Gasteiger partial charge in [0.15, 0.2) is 0 Å². The third-order valence-corrected chi connectivity index (χ3v) is 3.82. The molecular formula is C19H23N. The van der Waals surface area contributed by atoms with Gasteiger partial charge in [0.05, 0.1) is 6.04 Å². The van der Waals surface area contributed by atoms with Crippen molar-refractivity contribution in [3.63, 3.8) is 0 Å². The van der Waals surface area contributed by atoms with E-state index in [2.05, 4.69) is 68.4 Å². The average Bonchev–Trinajstić information content (AvgIpc) is 2.53. The van der Waals surface area contributed by atoms with Gasteiger partial charge in [0.1, 0.15) is 0 Å². The summed E-state index contributed by atoms with van der Waals surface area (Å²) in [5, 5.41) is 0. The molecule has 0 aliphatic heterocycles. The molecule has 0 N–H and O–H groups in total. The summed E-state index contributed by atoms with van der Waals surface area (Å²) in [7, 11) is 0. The molecule has 0 saturated heterocycles. The summed E-state index contributed by atoms with van der Waals surface area (Å²) in [5.74, 6) is 0.595. The van der Waals surface area contributed by atoms with Crippen molar-refractivity contribution >= 4 is 6.21 Å². The maximum absolute atomic E-state index is 4.88. The van der Waals surface area contributed by atoms with Gasteiger partial charge in [0.2, 0.25) is 0 Å². The van der Waals surface area contributed by atoms with E-state index in [1.165, 1.54) is 11.1 Å². The number of hydrogen-bond acceptors (Lipinski definition) is 1. The average molecular weight is 265 g/mol. The smallest absolute Gasteiger partial charge is 0.0777 e. The predicted octanol–water partition coefficient (Wildman–Crippen LogP) is 5.28. The Morgan fingerprint density at radius 2 is 1.40 bits per heavy atom. The zero-order chi connectivity index (χ0) is 14.2. The quantitative estimate of drug-likeness (QED) is 0.630. The van der Waals surface area contributed by atoms with E-state index in [-0.39, 0.29) is 6.04 Å². The van der Waals surface area contributed by atoms with Crippen LogP contribution in [0, 0.1) is 5.92 Å². The van der Waals surface area contributed by atoms with E-state index >= 15 is 0 Å². The third-order valence-electron chi connectivity index (χ3n) is 3.82. The Balaban J connectivity index is 2.25. The van der Waals surface area contributed by atoms with E-state index in [4.69, 9.17) is 4.99 Å². The minimum Gasteiger partial charge on any atom is -0.284 e. The van der Waals surface area contributed by atoms with Crippen LogP contribution in [-0.4, -0.2) is 6.21 Å². The molecule has 2 aromatic rings. The second kappa shape index (κ2) is 7.64. The fraction of sp³-hybridized carbons (Fsp3) is 0.316. The molecule has 2 rings (SSSR count). The lowest BCUT2D eigenvalue weighted by Gasteiger charge is -2.22. The minimum atomic E-state index is 0.256. The van der Waals surface area contributed by atoms with Crippen molar-refractivity contribution in [3.8, 4) is 0 Å². The molecule has 2 aromatic carbocycles. The van der Waals surface area contributed by atoms with Crippen LogP contribution in [0.4, 0.5) is 0 Å². The summed E-state index contributed by atoms with van der Waals surface area (Å²) < 4.78 is 0. The summed E-state index contributed by atoms with van der Waals surface area (Å²) in [4.78, 5) is 4.88. The molecular weight excluding hydrogens is 242 g/mol. The molecule has 0 spiro atoms. The molecule has 1 nitrogen and oxygen atoms in total. The van der Waals surface area contributed by atoms with E-state index in [1.807, 2.05) is 12.3 Å². The van der Waals surface area contributed by atoms with Crippen molar-refractivity contribution in [3.05, 3.63) is 71.8 Å². The number of hydrogen-bond donors (Lipinski definition) is 0. The van der Waals surface area contributed by atoms with Crippen molar-refractivity contribution in [2.75, 3.05) is 0 Å². The molecule has 20 heavy (non-hydrogen) atoms. The highest BCUT2D eigenvalue weighted by Gasteiger charge is 2.18. The molecule has 0 bridgehead atoms. The van der Waals surface area contributed by atoms with Gasteiger partial charge in [-0.2, -0.15) is 0 Å². The highest BCUT2D eigenvalue weighted by Crippen LogP contribution is 2.30. The Labute approximate surface area is 122 Å². The van der Waals surface area contributed by atoms with Crippen LogP contribution in [0.15, 0.2) is 65.7 Å². The first-order valence-corrected chi connectivity index (χ1v) is 7.48. The first kappa shape index (κ1) is 14.5. The number of benzene rings is 2. The summed E-state index contributed by atoms with van der Waals surface area (Å²) in [5.41, 5.74) is 2.48. The van der Waals surface area contributed by atoms with Crippen molar-refractivity contribution in [2.45, 2.75) is 32.7 Å². The van der Waals surface area contributed by atoms with Crippen LogP contribution < -0.4 is 0 Å². The number of aliphatic imine (C=N–C) groups is 1. The summed E-state index contributed by atoms with van der Waals surface area (Å²) in [6.07, 6.45) is 4.32. The van der Waals surface area contributed by atoms with Gasteiger partial charge in [0, 0.05) is 6.21 Å². The molecule has 0 aromatic heterocycles. The fourth-order valence-corrected chi connectivity index (χ4v) is 2.57. The van der Waals surface area contributed by atoms with Crippen LogP contribution in [0.5, 0.6) is 0 Å². The van der Waals surface area contributed by atoms with Crippen LogP contribution in [0.2, 0.25) is 0 Å². The maximum atomic E-state index is 4.88. The monoisotopic (exact) mass is 265 g/mol. The Hall–Kier alpha value is -1.89. The Morgan fingerprint density at radius 1 is 0.850 bits per heavy atom. The first-order valence-electron chi connectivity index (χ1n) is 7.48. The molecule has 0 amide bonds. The molecule has 0 radical (unpaired) electrons. The van der Waals surface area contributed by atoms with Crippen LogP contribution in [0.25, 0.3) is 0 Å². The molecule has 0 saturated carbocycles. The van der Waals surface area contributed by atoms with E-state index in [9.17, 15) is 0 Å². The third kappa shape index (κ3) is 3.80. The van der Waals surface area contributed by atoms with Gasteiger partial charge >= 0.3 is 0 Å². The highest BCUT2D eigenvalue weighted by molar-refractivity contribution is 5.79. The molecule has 1 atom stereocenters. The second-order valence-electron chi connectivity index (χ2n) is 5.12. The molecule has 0 fully saturated rings. The van der Waals surface area contributed by atoms with E-state index < -0.39 is 0 Å². The largest absolute Gasteiger partial charge is 0.284 e. The summed E-state index contributed by atoms with van der Waals surface area (Å²) >= 11 is 0. The maximum Gasteiger partial charge on any atom is 0.0777 e. The molecule has 0 aliphatic rings. The lowest BCUT2D eigenvalue weighted by Crippen LogP contribution is -2.10. The van der Waals surface area contributed by atoms with E-state index in [0.717, 1.165) is 12.8 Å². The van der Waals surface area contributed by atoms with Gasteiger partial charge < -0.3 is 0 Å². The van der Waals surface area contributed by atoms with Crippen molar-refractivity contribution < 1.29 is 0 Å². The fourth-order valence-electron chi connectivity index (χ4n) is 2.57. The van der Waals surface area contributed by atoms with Gasteiger partial charge in [-0.25, -0.2) is 0 Å². The summed E-state index contributed by atoms with van der Waals surface area (Å²) in [6, 6.07) is 21.2. The van der Waals surface area contributed by atoms with Crippen LogP contribution in [0.3, 0.4) is 0 Å². The minimum absolute atomic E-state index is 0.256. The van der Waals surface area contributed by atoms with Crippen LogP contribution >= 0.6 is 0 Å². The van der Waals surface area contributed by atoms with E-state index in [1.54, 1.807) is 0 Å². The molecule has 1 heteroatoms. The van der Waals surface area contributed by atoms with Crippen LogP contribution in [-0.2, 0) is 0 Å². The van der Waals surface area contributed by atoms with Gasteiger partial charge in [-0.15, -0.1) is 0 Å². The number of nitrogens with zero attached hydrogens (tertiary/aromatic N) is 1. The zero-order valence-corrected chi connectivity index (χ0v) is 12.4. The predicted molar refractivity (Wildman–Crippen MR) is 87.3 cm³/mol. The van der Waals surface area contributed by atoms with Gasteiger partial charge in [0.25, 0.3) is 0 Å². The van der Waals surface area contributed by atoms with E-state index in [0.29, 0.717) is 5.92 Å². The second-order valence-corrected chi connectivity index (χ2v) is 5.12. The molecule has 0 aliphatic carbocycles. The number of rotatable bonds is 6. The standard InChI is InChI=1S/C19H23N/c1-3-17(4-2)19(18-13-9-6-10-14-18)20-15-16-11-7-5-8-12-16/h5-15,17,19H,3-4H2,1-2H3. The zero-order valence-electron chi connectivity index (χ0n) is 12.4. The lowest BCUT2D eigenvalue weighted by atomic mass is 9.89. The Bertz CT molecular complexity index is 512. The van der Waals surface area contributed by atoms with Crippen LogP contribution in [0.1, 0.15) is 43.9 Å². The van der Waals surface area contributed by atoms with Gasteiger partial charge in [-0.05, 0) is 17.0 Å². The SMILES string of the molecule is CCC(CC)C(N=Cc1ccccc1)c1ccccc1. The lowest BCUT2D eigenvalue weighted by molar-refractivity contribution is 0.408. The topological polar surface area (TPSA) is 12.4 Å². The molecule has 0 heterocycles. The normalized spacial score (nSPS) is 12.9. The molecule has 1 unspecified atom stereocenters. The van der Waals surface area contributed by atoms with Gasteiger partial charge in [-0.3, -0.25) is 4.99 Å². The summed E-state index contributed by atoms with van der Waals surface area (Å²) in [6.45, 7) is 4.50. The highest BCUT2D eigenvalue weighted by atomic mass is 14.8. The van der Waals surface area contributed by atoms with Gasteiger partial charge in [-0.1, -0.05) is 87.4 Å².